The molecule has 2 aliphatic heterocycles. The molecular formula is C25H21ClF4N6. The molecule has 0 unspecified atom stereocenters. The number of aromatic nitrogens is 2. The molecule has 2 aromatic heterocycles. The number of pyridine rings is 2. The van der Waals surface area contributed by atoms with Gasteiger partial charge in [-0.1, -0.05) is 11.6 Å². The highest BCUT2D eigenvalue weighted by atomic mass is 35.5. The van der Waals surface area contributed by atoms with Crippen molar-refractivity contribution in [1.82, 2.24) is 14.9 Å². The Labute approximate surface area is 210 Å². The van der Waals surface area contributed by atoms with E-state index in [0.29, 0.717) is 44.2 Å². The summed E-state index contributed by atoms with van der Waals surface area (Å²) in [7, 11) is 0. The van der Waals surface area contributed by atoms with Gasteiger partial charge in [0.25, 0.3) is 0 Å². The minimum Gasteiger partial charge on any atom is -0.353 e. The first-order valence-electron chi connectivity index (χ1n) is 11.2. The van der Waals surface area contributed by atoms with E-state index in [-0.39, 0.29) is 10.8 Å². The highest BCUT2D eigenvalue weighted by molar-refractivity contribution is 6.31. The molecule has 5 rings (SSSR count). The minimum absolute atomic E-state index is 0.00745. The Balaban J connectivity index is 1.39. The van der Waals surface area contributed by atoms with Gasteiger partial charge in [0.05, 0.1) is 28.2 Å². The van der Waals surface area contributed by atoms with Gasteiger partial charge >= 0.3 is 6.18 Å². The van der Waals surface area contributed by atoms with Crippen LogP contribution in [-0.4, -0.2) is 53.6 Å². The number of benzene rings is 1. The van der Waals surface area contributed by atoms with Crippen LogP contribution in [0.2, 0.25) is 5.02 Å². The fraction of sp³-hybridized carbons (Fsp3) is 0.240. The molecule has 1 fully saturated rings. The minimum atomic E-state index is -4.47. The first-order chi connectivity index (χ1) is 17.3. The van der Waals surface area contributed by atoms with Crippen molar-refractivity contribution >= 4 is 34.6 Å². The van der Waals surface area contributed by atoms with E-state index < -0.39 is 17.6 Å². The zero-order chi connectivity index (χ0) is 25.3. The summed E-state index contributed by atoms with van der Waals surface area (Å²) >= 11 is 6.07. The Bertz CT molecular complexity index is 1300. The van der Waals surface area contributed by atoms with E-state index in [1.54, 1.807) is 29.4 Å². The first kappa shape index (κ1) is 24.1. The maximum Gasteiger partial charge on any atom is 0.419 e. The molecule has 3 aromatic rings. The van der Waals surface area contributed by atoms with Gasteiger partial charge in [-0.15, -0.1) is 0 Å². The van der Waals surface area contributed by atoms with E-state index in [1.807, 2.05) is 28.0 Å². The van der Waals surface area contributed by atoms with Gasteiger partial charge in [0.2, 0.25) is 0 Å². The van der Waals surface area contributed by atoms with Crippen LogP contribution in [0.15, 0.2) is 72.1 Å². The summed E-state index contributed by atoms with van der Waals surface area (Å²) < 4.78 is 54.2. The van der Waals surface area contributed by atoms with Crippen LogP contribution in [0.5, 0.6) is 0 Å². The molecule has 0 spiro atoms. The van der Waals surface area contributed by atoms with Crippen molar-refractivity contribution in [2.24, 2.45) is 4.99 Å². The number of hydrogen-bond acceptors (Lipinski definition) is 6. The summed E-state index contributed by atoms with van der Waals surface area (Å²) in [5, 5.41) is 0.00745. The molecule has 186 valence electrons. The third-order valence-corrected chi connectivity index (χ3v) is 6.39. The van der Waals surface area contributed by atoms with Crippen molar-refractivity contribution in [2.75, 3.05) is 42.6 Å². The number of alkyl halides is 3. The molecule has 6 nitrogen and oxygen atoms in total. The van der Waals surface area contributed by atoms with Gasteiger partial charge in [0.1, 0.15) is 24.1 Å². The number of amidine groups is 1. The highest BCUT2D eigenvalue weighted by Gasteiger charge is 2.36. The smallest absolute Gasteiger partial charge is 0.353 e. The Morgan fingerprint density at radius 3 is 2.36 bits per heavy atom. The average molecular weight is 517 g/mol. The van der Waals surface area contributed by atoms with Crippen molar-refractivity contribution < 1.29 is 17.6 Å². The molecule has 0 amide bonds. The lowest BCUT2D eigenvalue weighted by Crippen LogP contribution is -2.50. The highest BCUT2D eigenvalue weighted by Crippen LogP contribution is 2.36. The quantitative estimate of drug-likeness (QED) is 0.441. The molecule has 0 saturated carbocycles. The normalized spacial score (nSPS) is 16.6. The van der Waals surface area contributed by atoms with Crippen molar-refractivity contribution in [3.05, 3.63) is 89.1 Å². The van der Waals surface area contributed by atoms with Crippen LogP contribution < -0.4 is 9.80 Å². The number of nitrogens with zero attached hydrogens (tertiary/aromatic N) is 6. The summed E-state index contributed by atoms with van der Waals surface area (Å²) in [4.78, 5) is 18.5. The Kier molecular flexibility index (Phi) is 6.53. The molecule has 11 heteroatoms. The van der Waals surface area contributed by atoms with E-state index in [0.717, 1.165) is 17.5 Å². The number of anilines is 2. The molecule has 0 N–H and O–H groups in total. The van der Waals surface area contributed by atoms with E-state index >= 15 is 0 Å². The average Bonchev–Trinajstić information content (AvgIpc) is 2.90. The molecule has 1 aromatic carbocycles. The monoisotopic (exact) mass is 516 g/mol. The lowest BCUT2D eigenvalue weighted by Gasteiger charge is -2.39. The first-order valence-corrected chi connectivity index (χ1v) is 11.6. The number of piperazine rings is 1. The lowest BCUT2D eigenvalue weighted by atomic mass is 10.1. The second-order valence-electron chi connectivity index (χ2n) is 8.30. The second kappa shape index (κ2) is 9.77. The number of rotatable bonds is 3. The van der Waals surface area contributed by atoms with Gasteiger partial charge in [-0.25, -0.2) is 14.4 Å². The zero-order valence-corrected chi connectivity index (χ0v) is 19.7. The van der Waals surface area contributed by atoms with Crippen molar-refractivity contribution in [2.45, 2.75) is 6.18 Å². The summed E-state index contributed by atoms with van der Waals surface area (Å²) in [5.74, 6) is 0.125. The molecule has 2 aliphatic rings. The number of aliphatic imine (C=N–C) groups is 1. The molecule has 0 radical (unpaired) electrons. The molecule has 1 saturated heterocycles. The van der Waals surface area contributed by atoms with Crippen molar-refractivity contribution in [3.63, 3.8) is 0 Å². The van der Waals surface area contributed by atoms with Gasteiger partial charge in [0, 0.05) is 50.2 Å². The van der Waals surface area contributed by atoms with Crippen LogP contribution in [0, 0.1) is 5.82 Å². The van der Waals surface area contributed by atoms with Crippen molar-refractivity contribution in [3.8, 4) is 0 Å². The van der Waals surface area contributed by atoms with Gasteiger partial charge in [0.15, 0.2) is 0 Å². The molecular weight excluding hydrogens is 496 g/mol. The van der Waals surface area contributed by atoms with Crippen LogP contribution in [0.3, 0.4) is 0 Å². The van der Waals surface area contributed by atoms with Gasteiger partial charge < -0.3 is 14.7 Å². The summed E-state index contributed by atoms with van der Waals surface area (Å²) in [5.41, 5.74) is 1.54. The lowest BCUT2D eigenvalue weighted by molar-refractivity contribution is -0.137. The third kappa shape index (κ3) is 4.86. The summed E-state index contributed by atoms with van der Waals surface area (Å²) in [6, 6.07) is 10.6. The standard InChI is InChI=1S/C25H21ClF4N6/c26-20-13-17(5-6-21(20)27)22-14-23(33-16-36(22)18-3-1-7-31-15-18)34-9-11-35(12-10-34)24-19(25(28,29)30)4-2-8-32-24/h1-8,13-15H,9-12,16H2. The van der Waals surface area contributed by atoms with E-state index in [1.165, 1.54) is 18.3 Å². The number of halogens is 5. The fourth-order valence-electron chi connectivity index (χ4n) is 4.30. The van der Waals surface area contributed by atoms with E-state index in [4.69, 9.17) is 16.6 Å². The molecule has 36 heavy (non-hydrogen) atoms. The van der Waals surface area contributed by atoms with Crippen molar-refractivity contribution in [1.29, 1.82) is 0 Å². The van der Waals surface area contributed by atoms with E-state index in [9.17, 15) is 17.6 Å². The van der Waals surface area contributed by atoms with Crippen LogP contribution in [0.25, 0.3) is 5.70 Å². The maximum absolute atomic E-state index is 13.8. The summed E-state index contributed by atoms with van der Waals surface area (Å²) in [6.07, 6.45) is 2.17. The predicted octanol–water partition coefficient (Wildman–Crippen LogP) is 5.33. The largest absolute Gasteiger partial charge is 0.419 e. The van der Waals surface area contributed by atoms with Crippen LogP contribution in [0.4, 0.5) is 29.1 Å². The maximum atomic E-state index is 13.8. The zero-order valence-electron chi connectivity index (χ0n) is 19.0. The Hall–Kier alpha value is -3.66. The predicted molar refractivity (Wildman–Crippen MR) is 131 cm³/mol. The molecule has 0 aliphatic carbocycles. The van der Waals surface area contributed by atoms with E-state index in [2.05, 4.69) is 9.97 Å². The third-order valence-electron chi connectivity index (χ3n) is 6.10. The number of hydrogen-bond donors (Lipinski definition) is 0. The van der Waals surface area contributed by atoms with Gasteiger partial charge in [-0.2, -0.15) is 13.2 Å². The second-order valence-corrected chi connectivity index (χ2v) is 8.71. The molecule has 0 bridgehead atoms. The topological polar surface area (TPSA) is 47.9 Å². The van der Waals surface area contributed by atoms with Gasteiger partial charge in [-0.3, -0.25) is 4.98 Å². The van der Waals surface area contributed by atoms with Crippen LogP contribution in [-0.2, 0) is 6.18 Å². The SMILES string of the molecule is Fc1ccc(C2=CC(N3CCN(c4ncccc4C(F)(F)F)CC3)=NCN2c2cccnc2)cc1Cl. The Morgan fingerprint density at radius 2 is 1.67 bits per heavy atom. The molecule has 0 atom stereocenters. The van der Waals surface area contributed by atoms with Crippen LogP contribution >= 0.6 is 11.6 Å². The fourth-order valence-corrected chi connectivity index (χ4v) is 4.48. The summed E-state index contributed by atoms with van der Waals surface area (Å²) in [6.45, 7) is 1.94. The van der Waals surface area contributed by atoms with Gasteiger partial charge in [-0.05, 0) is 42.5 Å². The van der Waals surface area contributed by atoms with Crippen LogP contribution in [0.1, 0.15) is 11.1 Å². The molecule has 4 heterocycles. The Morgan fingerprint density at radius 1 is 0.917 bits per heavy atom.